The summed E-state index contributed by atoms with van der Waals surface area (Å²) in [4.78, 5) is 9.13. The van der Waals surface area contributed by atoms with E-state index in [1.54, 1.807) is 6.20 Å². The molecule has 4 rings (SSSR count). The predicted molar refractivity (Wildman–Crippen MR) is 119 cm³/mol. The van der Waals surface area contributed by atoms with Gasteiger partial charge in [0.2, 0.25) is 0 Å². The molecule has 2 aromatic carbocycles. The minimum Gasteiger partial charge on any atom is -0.385 e. The first kappa shape index (κ1) is 17.9. The Kier molecular flexibility index (Phi) is 4.90. The van der Waals surface area contributed by atoms with Gasteiger partial charge in [-0.1, -0.05) is 49.1 Å². The zero-order valence-corrected chi connectivity index (χ0v) is 16.2. The summed E-state index contributed by atoms with van der Waals surface area (Å²) < 4.78 is 0. The molecule has 3 nitrogen and oxygen atoms in total. The maximum absolute atomic E-state index is 4.89. The molecule has 0 aliphatic rings. The van der Waals surface area contributed by atoms with Crippen LogP contribution in [0.5, 0.6) is 0 Å². The van der Waals surface area contributed by atoms with Gasteiger partial charge in [0.15, 0.2) is 0 Å². The van der Waals surface area contributed by atoms with E-state index in [-0.39, 0.29) is 0 Å². The van der Waals surface area contributed by atoms with Crippen LogP contribution in [0.15, 0.2) is 73.6 Å². The molecule has 0 aliphatic heterocycles. The average Bonchev–Trinajstić information content (AvgIpc) is 2.74. The second-order valence-corrected chi connectivity index (χ2v) is 6.78. The van der Waals surface area contributed by atoms with Crippen molar-refractivity contribution in [2.75, 3.05) is 11.9 Å². The van der Waals surface area contributed by atoms with Crippen LogP contribution in [0.1, 0.15) is 18.1 Å². The summed E-state index contributed by atoms with van der Waals surface area (Å²) in [5, 5.41) is 4.37. The molecule has 0 atom stereocenters. The third-order valence-electron chi connectivity index (χ3n) is 5.04. The van der Waals surface area contributed by atoms with Crippen molar-refractivity contribution >= 4 is 22.7 Å². The van der Waals surface area contributed by atoms with Crippen LogP contribution >= 0.6 is 0 Å². The van der Waals surface area contributed by atoms with Crippen molar-refractivity contribution < 1.29 is 0 Å². The first-order valence-corrected chi connectivity index (χ1v) is 9.52. The number of fused-ring (bicyclic) bond motifs is 1. The first-order chi connectivity index (χ1) is 13.7. The van der Waals surface area contributed by atoms with Crippen LogP contribution in [-0.2, 0) is 0 Å². The third-order valence-corrected chi connectivity index (χ3v) is 5.04. The standard InChI is InChI=1S/C25H23N3/c1-4-22-17(3)25(28-24-14-15-26-16-23(22)24)20-8-6-18(7-9-20)19-10-12-21(13-11-19)27-5-2/h4,6-16,27H,1,5H2,2-3H3. The second kappa shape index (κ2) is 7.65. The fourth-order valence-corrected chi connectivity index (χ4v) is 3.58. The summed E-state index contributed by atoms with van der Waals surface area (Å²) in [5.74, 6) is 0. The van der Waals surface area contributed by atoms with E-state index in [1.807, 2.05) is 18.3 Å². The lowest BCUT2D eigenvalue weighted by Gasteiger charge is -2.12. The number of nitrogens with zero attached hydrogens (tertiary/aromatic N) is 2. The quantitative estimate of drug-likeness (QED) is 0.448. The van der Waals surface area contributed by atoms with Gasteiger partial charge in [-0.15, -0.1) is 0 Å². The van der Waals surface area contributed by atoms with Crippen LogP contribution in [-0.4, -0.2) is 16.5 Å². The molecule has 0 spiro atoms. The van der Waals surface area contributed by atoms with Gasteiger partial charge < -0.3 is 5.32 Å². The van der Waals surface area contributed by atoms with E-state index in [4.69, 9.17) is 4.98 Å². The minimum atomic E-state index is 0.926. The van der Waals surface area contributed by atoms with E-state index in [2.05, 4.69) is 79.3 Å². The molecule has 0 fully saturated rings. The number of nitrogens with one attached hydrogen (secondary N) is 1. The molecule has 1 N–H and O–H groups in total. The Morgan fingerprint density at radius 1 is 0.929 bits per heavy atom. The monoisotopic (exact) mass is 365 g/mol. The van der Waals surface area contributed by atoms with E-state index in [9.17, 15) is 0 Å². The Morgan fingerprint density at radius 2 is 1.57 bits per heavy atom. The molecule has 2 heterocycles. The highest BCUT2D eigenvalue weighted by Crippen LogP contribution is 2.31. The number of anilines is 1. The van der Waals surface area contributed by atoms with Crippen LogP contribution in [0.4, 0.5) is 5.69 Å². The largest absolute Gasteiger partial charge is 0.385 e. The fourth-order valence-electron chi connectivity index (χ4n) is 3.58. The van der Waals surface area contributed by atoms with Crippen molar-refractivity contribution in [3.8, 4) is 22.4 Å². The molecule has 138 valence electrons. The van der Waals surface area contributed by atoms with Gasteiger partial charge in [0.1, 0.15) is 0 Å². The molecule has 0 aliphatic carbocycles. The van der Waals surface area contributed by atoms with Crippen LogP contribution < -0.4 is 5.32 Å². The number of pyridine rings is 2. The number of benzene rings is 2. The summed E-state index contributed by atoms with van der Waals surface area (Å²) in [7, 11) is 0. The summed E-state index contributed by atoms with van der Waals surface area (Å²) in [6, 6.07) is 19.1. The van der Waals surface area contributed by atoms with Crippen molar-refractivity contribution in [1.82, 2.24) is 9.97 Å². The van der Waals surface area contributed by atoms with Gasteiger partial charge in [0, 0.05) is 35.6 Å². The molecular weight excluding hydrogens is 342 g/mol. The zero-order valence-electron chi connectivity index (χ0n) is 16.2. The zero-order chi connectivity index (χ0) is 19.5. The lowest BCUT2D eigenvalue weighted by atomic mass is 9.97. The third kappa shape index (κ3) is 3.27. The van der Waals surface area contributed by atoms with Gasteiger partial charge in [-0.25, -0.2) is 4.98 Å². The molecule has 3 heteroatoms. The van der Waals surface area contributed by atoms with Gasteiger partial charge in [0.05, 0.1) is 11.2 Å². The molecule has 0 amide bonds. The Bertz CT molecular complexity index is 1130. The summed E-state index contributed by atoms with van der Waals surface area (Å²) >= 11 is 0. The lowest BCUT2D eigenvalue weighted by molar-refractivity contribution is 1.21. The van der Waals surface area contributed by atoms with Gasteiger partial charge in [-0.3, -0.25) is 4.98 Å². The smallest absolute Gasteiger partial charge is 0.0746 e. The highest BCUT2D eigenvalue weighted by Gasteiger charge is 2.11. The van der Waals surface area contributed by atoms with E-state index in [1.165, 1.54) is 11.1 Å². The number of rotatable bonds is 5. The van der Waals surface area contributed by atoms with E-state index < -0.39 is 0 Å². The molecule has 28 heavy (non-hydrogen) atoms. The van der Waals surface area contributed by atoms with Crippen LogP contribution in [0.2, 0.25) is 0 Å². The molecule has 4 aromatic rings. The van der Waals surface area contributed by atoms with Gasteiger partial charge in [-0.2, -0.15) is 0 Å². The molecule has 0 unspecified atom stereocenters. The number of aromatic nitrogens is 2. The molecule has 0 bridgehead atoms. The maximum Gasteiger partial charge on any atom is 0.0746 e. The van der Waals surface area contributed by atoms with Crippen molar-refractivity contribution in [3.05, 3.63) is 84.7 Å². The highest BCUT2D eigenvalue weighted by molar-refractivity contribution is 5.91. The Labute approximate surface area is 165 Å². The van der Waals surface area contributed by atoms with Crippen molar-refractivity contribution in [2.45, 2.75) is 13.8 Å². The predicted octanol–water partition coefficient (Wildman–Crippen LogP) is 6.35. The summed E-state index contributed by atoms with van der Waals surface area (Å²) in [6.07, 6.45) is 5.53. The molecule has 2 aromatic heterocycles. The van der Waals surface area contributed by atoms with Crippen molar-refractivity contribution in [3.63, 3.8) is 0 Å². The summed E-state index contributed by atoms with van der Waals surface area (Å²) in [6.45, 7) is 9.11. The number of hydrogen-bond donors (Lipinski definition) is 1. The molecule has 0 radical (unpaired) electrons. The molecule has 0 saturated heterocycles. The van der Waals surface area contributed by atoms with Crippen LogP contribution in [0.25, 0.3) is 39.4 Å². The number of hydrogen-bond acceptors (Lipinski definition) is 3. The van der Waals surface area contributed by atoms with Gasteiger partial charge in [-0.05, 0) is 54.3 Å². The Hall–Kier alpha value is -3.46. The van der Waals surface area contributed by atoms with Gasteiger partial charge >= 0.3 is 0 Å². The van der Waals surface area contributed by atoms with Crippen LogP contribution in [0, 0.1) is 6.92 Å². The van der Waals surface area contributed by atoms with E-state index >= 15 is 0 Å². The topological polar surface area (TPSA) is 37.8 Å². The fraction of sp³-hybridized carbons (Fsp3) is 0.120. The highest BCUT2D eigenvalue weighted by atomic mass is 14.8. The average molecular weight is 365 g/mol. The first-order valence-electron chi connectivity index (χ1n) is 9.52. The van der Waals surface area contributed by atoms with Gasteiger partial charge in [0.25, 0.3) is 0 Å². The van der Waals surface area contributed by atoms with Crippen molar-refractivity contribution in [2.24, 2.45) is 0 Å². The molecule has 0 saturated carbocycles. The SMILES string of the molecule is C=Cc1c(C)c(-c2ccc(-c3ccc(NCC)cc3)cc2)nc2ccncc12. The second-order valence-electron chi connectivity index (χ2n) is 6.78. The minimum absolute atomic E-state index is 0.926. The van der Waals surface area contributed by atoms with Crippen molar-refractivity contribution in [1.29, 1.82) is 0 Å². The van der Waals surface area contributed by atoms with E-state index in [0.717, 1.165) is 45.5 Å². The Morgan fingerprint density at radius 3 is 2.21 bits per heavy atom. The van der Waals surface area contributed by atoms with E-state index in [0.29, 0.717) is 0 Å². The maximum atomic E-state index is 4.89. The Balaban J connectivity index is 1.73. The molecular formula is C25H23N3. The lowest BCUT2D eigenvalue weighted by Crippen LogP contribution is -1.96. The van der Waals surface area contributed by atoms with Crippen LogP contribution in [0.3, 0.4) is 0 Å². The normalized spacial score (nSPS) is 10.8. The summed E-state index contributed by atoms with van der Waals surface area (Å²) in [5.41, 5.74) is 8.79.